The monoisotopic (exact) mass is 490 g/mol. The Labute approximate surface area is 206 Å². The Morgan fingerprint density at radius 3 is 2.03 bits per heavy atom. The summed E-state index contributed by atoms with van der Waals surface area (Å²) >= 11 is 0. The molecule has 4 atom stereocenters. The van der Waals surface area contributed by atoms with E-state index in [4.69, 9.17) is 14.6 Å². The standard InChI is InChI=1S/C26H50O8/c1-2-3-4-5-9-12-15-18-33-19-16-13-10-7-6-8-11-14-17-24(30)34-21-23(29)26(32)25(31)22(28)20-27/h10,13,22-23,25-29,31-32H,2-9,11-12,14-21H2,1H3/b13-10-/t22-,23-,25-,26-/m1/s1. The number of hydrogen-bond acceptors (Lipinski definition) is 8. The van der Waals surface area contributed by atoms with Gasteiger partial charge in [0, 0.05) is 13.0 Å². The molecule has 8 heteroatoms. The third-order valence-electron chi connectivity index (χ3n) is 5.73. The van der Waals surface area contributed by atoms with Gasteiger partial charge in [0.05, 0.1) is 13.2 Å². The molecule has 0 radical (unpaired) electrons. The molecule has 0 fully saturated rings. The molecule has 202 valence electrons. The third kappa shape index (κ3) is 19.3. The molecule has 0 saturated heterocycles. The summed E-state index contributed by atoms with van der Waals surface area (Å²) in [6.45, 7) is 2.64. The summed E-state index contributed by atoms with van der Waals surface area (Å²) in [4.78, 5) is 11.7. The fraction of sp³-hybridized carbons (Fsp3) is 0.885. The van der Waals surface area contributed by atoms with E-state index in [9.17, 15) is 25.2 Å². The second kappa shape index (κ2) is 23.7. The molecule has 0 bridgehead atoms. The molecule has 0 aliphatic rings. The van der Waals surface area contributed by atoms with Crippen molar-refractivity contribution in [2.75, 3.05) is 26.4 Å². The predicted octanol–water partition coefficient (Wildman–Crippen LogP) is 3.02. The van der Waals surface area contributed by atoms with Gasteiger partial charge in [-0.05, 0) is 32.1 Å². The van der Waals surface area contributed by atoms with Crippen LogP contribution in [0.3, 0.4) is 0 Å². The van der Waals surface area contributed by atoms with Crippen molar-refractivity contribution in [3.05, 3.63) is 12.2 Å². The highest BCUT2D eigenvalue weighted by atomic mass is 16.5. The maximum Gasteiger partial charge on any atom is 0.305 e. The number of allylic oxidation sites excluding steroid dienone is 1. The van der Waals surface area contributed by atoms with Gasteiger partial charge in [0.1, 0.15) is 31.0 Å². The van der Waals surface area contributed by atoms with Crippen LogP contribution in [-0.2, 0) is 14.3 Å². The number of hydrogen-bond donors (Lipinski definition) is 5. The number of esters is 1. The van der Waals surface area contributed by atoms with Crippen LogP contribution >= 0.6 is 0 Å². The van der Waals surface area contributed by atoms with Crippen molar-refractivity contribution in [2.45, 2.75) is 121 Å². The zero-order chi connectivity index (χ0) is 25.4. The van der Waals surface area contributed by atoms with E-state index >= 15 is 0 Å². The number of carbonyl (C=O) groups is 1. The van der Waals surface area contributed by atoms with Gasteiger partial charge in [-0.25, -0.2) is 0 Å². The number of rotatable bonds is 24. The van der Waals surface area contributed by atoms with E-state index in [-0.39, 0.29) is 6.42 Å². The summed E-state index contributed by atoms with van der Waals surface area (Å²) < 4.78 is 10.6. The van der Waals surface area contributed by atoms with Crippen LogP contribution in [0.25, 0.3) is 0 Å². The molecule has 0 rings (SSSR count). The summed E-state index contributed by atoms with van der Waals surface area (Å²) in [5, 5.41) is 46.9. The third-order valence-corrected chi connectivity index (χ3v) is 5.73. The largest absolute Gasteiger partial charge is 0.463 e. The van der Waals surface area contributed by atoms with Crippen LogP contribution in [0.15, 0.2) is 12.2 Å². The van der Waals surface area contributed by atoms with Crippen LogP contribution in [-0.4, -0.2) is 82.3 Å². The summed E-state index contributed by atoms with van der Waals surface area (Å²) in [6.07, 6.45) is 12.7. The van der Waals surface area contributed by atoms with Gasteiger partial charge in [-0.15, -0.1) is 0 Å². The fourth-order valence-corrected chi connectivity index (χ4v) is 3.45. The van der Waals surface area contributed by atoms with Crippen LogP contribution in [0.1, 0.15) is 96.8 Å². The molecule has 0 aromatic rings. The van der Waals surface area contributed by atoms with E-state index in [0.717, 1.165) is 51.7 Å². The molecule has 0 aliphatic carbocycles. The molecule has 8 nitrogen and oxygen atoms in total. The predicted molar refractivity (Wildman–Crippen MR) is 132 cm³/mol. The molecule has 0 saturated carbocycles. The van der Waals surface area contributed by atoms with Crippen LogP contribution in [0.5, 0.6) is 0 Å². The van der Waals surface area contributed by atoms with Crippen molar-refractivity contribution < 1.29 is 39.8 Å². The first-order chi connectivity index (χ1) is 16.4. The Morgan fingerprint density at radius 1 is 0.735 bits per heavy atom. The summed E-state index contributed by atoms with van der Waals surface area (Å²) in [5.41, 5.74) is 0. The quantitative estimate of drug-likeness (QED) is 0.0791. The normalized spacial score (nSPS) is 15.4. The highest BCUT2D eigenvalue weighted by molar-refractivity contribution is 5.69. The minimum atomic E-state index is -1.73. The van der Waals surface area contributed by atoms with Crippen LogP contribution in [0.4, 0.5) is 0 Å². The zero-order valence-electron chi connectivity index (χ0n) is 21.2. The Kier molecular flexibility index (Phi) is 23.0. The first-order valence-electron chi connectivity index (χ1n) is 13.2. The van der Waals surface area contributed by atoms with Crippen molar-refractivity contribution >= 4 is 5.97 Å². The molecule has 5 N–H and O–H groups in total. The lowest BCUT2D eigenvalue weighted by Crippen LogP contribution is -2.47. The number of aliphatic hydroxyl groups excluding tert-OH is 5. The molecular weight excluding hydrogens is 440 g/mol. The SMILES string of the molecule is CCCCCCCCCOCC/C=C\CCCCCCC(=O)OC[C@@H](O)[C@@H](O)[C@H](O)[C@H](O)CO. The fourth-order valence-electron chi connectivity index (χ4n) is 3.45. The molecule has 0 aromatic heterocycles. The van der Waals surface area contributed by atoms with Crippen molar-refractivity contribution in [1.29, 1.82) is 0 Å². The van der Waals surface area contributed by atoms with Gasteiger partial charge < -0.3 is 35.0 Å². The minimum absolute atomic E-state index is 0.219. The molecule has 0 spiro atoms. The first-order valence-corrected chi connectivity index (χ1v) is 13.2. The second-order valence-electron chi connectivity index (χ2n) is 8.93. The number of carbonyl (C=O) groups excluding carboxylic acids is 1. The maximum atomic E-state index is 11.7. The average molecular weight is 491 g/mol. The smallest absolute Gasteiger partial charge is 0.305 e. The highest BCUT2D eigenvalue weighted by Crippen LogP contribution is 2.10. The number of aliphatic hydroxyl groups is 5. The lowest BCUT2D eigenvalue weighted by atomic mass is 10.0. The topological polar surface area (TPSA) is 137 Å². The van der Waals surface area contributed by atoms with Crippen molar-refractivity contribution in [1.82, 2.24) is 0 Å². The van der Waals surface area contributed by atoms with E-state index in [0.29, 0.717) is 6.42 Å². The second-order valence-corrected chi connectivity index (χ2v) is 8.93. The molecule has 0 aromatic carbocycles. The van der Waals surface area contributed by atoms with Crippen molar-refractivity contribution in [2.24, 2.45) is 0 Å². The van der Waals surface area contributed by atoms with E-state index in [1.165, 1.54) is 38.5 Å². The Bertz CT molecular complexity index is 485. The van der Waals surface area contributed by atoms with Gasteiger partial charge in [-0.2, -0.15) is 0 Å². The van der Waals surface area contributed by atoms with Gasteiger partial charge >= 0.3 is 5.97 Å². The van der Waals surface area contributed by atoms with Crippen LogP contribution < -0.4 is 0 Å². The summed E-state index contributed by atoms with van der Waals surface area (Å²) in [7, 11) is 0. The van der Waals surface area contributed by atoms with Gasteiger partial charge in [-0.1, -0.05) is 70.4 Å². The Morgan fingerprint density at radius 2 is 1.32 bits per heavy atom. The van der Waals surface area contributed by atoms with E-state index < -0.39 is 43.6 Å². The van der Waals surface area contributed by atoms with E-state index in [1.54, 1.807) is 0 Å². The minimum Gasteiger partial charge on any atom is -0.463 e. The van der Waals surface area contributed by atoms with Crippen molar-refractivity contribution in [3.8, 4) is 0 Å². The average Bonchev–Trinajstić information content (AvgIpc) is 2.84. The maximum absolute atomic E-state index is 11.7. The van der Waals surface area contributed by atoms with Crippen LogP contribution in [0, 0.1) is 0 Å². The van der Waals surface area contributed by atoms with Gasteiger partial charge in [0.2, 0.25) is 0 Å². The molecule has 0 heterocycles. The van der Waals surface area contributed by atoms with E-state index in [2.05, 4.69) is 19.1 Å². The highest BCUT2D eigenvalue weighted by Gasteiger charge is 2.30. The van der Waals surface area contributed by atoms with E-state index in [1.807, 2.05) is 0 Å². The Hall–Kier alpha value is -1.03. The lowest BCUT2D eigenvalue weighted by molar-refractivity contribution is -0.156. The summed E-state index contributed by atoms with van der Waals surface area (Å²) in [5.74, 6) is -0.486. The molecule has 34 heavy (non-hydrogen) atoms. The summed E-state index contributed by atoms with van der Waals surface area (Å²) in [6, 6.07) is 0. The number of ether oxygens (including phenoxy) is 2. The first kappa shape index (κ1) is 33.0. The molecule has 0 amide bonds. The number of unbranched alkanes of at least 4 members (excludes halogenated alkanes) is 10. The Balaban J connectivity index is 3.49. The van der Waals surface area contributed by atoms with Gasteiger partial charge in [-0.3, -0.25) is 4.79 Å². The van der Waals surface area contributed by atoms with Gasteiger partial charge in [0.25, 0.3) is 0 Å². The van der Waals surface area contributed by atoms with Crippen LogP contribution in [0.2, 0.25) is 0 Å². The lowest BCUT2D eigenvalue weighted by Gasteiger charge is -2.25. The molecule has 0 aliphatic heterocycles. The molecular formula is C26H50O8. The van der Waals surface area contributed by atoms with Crippen molar-refractivity contribution in [3.63, 3.8) is 0 Å². The van der Waals surface area contributed by atoms with Gasteiger partial charge in [0.15, 0.2) is 0 Å². The molecule has 0 unspecified atom stereocenters. The zero-order valence-corrected chi connectivity index (χ0v) is 21.2.